The molecule has 146 valence electrons. The molecule has 0 aliphatic carbocycles. The number of rotatable bonds is 5. The first-order chi connectivity index (χ1) is 13.9. The van der Waals surface area contributed by atoms with Crippen LogP contribution in [0.1, 0.15) is 26.3 Å². The second-order valence-electron chi connectivity index (χ2n) is 5.76. The number of hydrogen-bond donors (Lipinski definition) is 1. The number of nitrogens with one attached hydrogen (secondary N) is 1. The fourth-order valence-corrected chi connectivity index (χ4v) is 3.29. The van der Waals surface area contributed by atoms with Gasteiger partial charge in [0.25, 0.3) is 5.91 Å². The Bertz CT molecular complexity index is 1090. The van der Waals surface area contributed by atoms with E-state index in [0.717, 1.165) is 4.47 Å². The molecule has 0 aliphatic rings. The van der Waals surface area contributed by atoms with Crippen LogP contribution >= 0.6 is 43.5 Å². The van der Waals surface area contributed by atoms with E-state index in [0.29, 0.717) is 31.9 Å². The first-order valence-electron chi connectivity index (χ1n) is 8.29. The van der Waals surface area contributed by atoms with Crippen molar-refractivity contribution in [2.24, 2.45) is 5.10 Å². The SMILES string of the molecule is O=C(Oc1ccc(Br)cc1/C=N\NC(=O)c1ccccc1Br)c1ccc(Cl)cc1. The molecule has 0 fully saturated rings. The quantitative estimate of drug-likeness (QED) is 0.193. The summed E-state index contributed by atoms with van der Waals surface area (Å²) < 4.78 is 6.90. The standard InChI is InChI=1S/C21H13Br2ClN2O3/c22-15-7-10-19(29-21(28)13-5-8-16(24)9-6-13)14(11-15)12-25-26-20(27)17-3-1-2-4-18(17)23/h1-12H,(H,26,27)/b25-12-. The van der Waals surface area contributed by atoms with Crippen LogP contribution in [0.5, 0.6) is 5.75 Å². The third kappa shape index (κ3) is 5.76. The molecule has 1 N–H and O–H groups in total. The van der Waals surface area contributed by atoms with Gasteiger partial charge in [0.15, 0.2) is 0 Å². The van der Waals surface area contributed by atoms with Gasteiger partial charge in [-0.25, -0.2) is 10.2 Å². The normalized spacial score (nSPS) is 10.7. The van der Waals surface area contributed by atoms with Gasteiger partial charge < -0.3 is 4.74 Å². The van der Waals surface area contributed by atoms with Gasteiger partial charge in [0, 0.05) is 19.5 Å². The summed E-state index contributed by atoms with van der Waals surface area (Å²) >= 11 is 12.5. The van der Waals surface area contributed by atoms with Gasteiger partial charge in [0.2, 0.25) is 0 Å². The van der Waals surface area contributed by atoms with Gasteiger partial charge in [0.1, 0.15) is 5.75 Å². The molecule has 0 aliphatic heterocycles. The predicted molar refractivity (Wildman–Crippen MR) is 120 cm³/mol. The highest BCUT2D eigenvalue weighted by atomic mass is 79.9. The summed E-state index contributed by atoms with van der Waals surface area (Å²) in [7, 11) is 0. The fourth-order valence-electron chi connectivity index (χ4n) is 2.32. The number of esters is 1. The zero-order valence-corrected chi connectivity index (χ0v) is 18.7. The van der Waals surface area contributed by atoms with E-state index in [4.69, 9.17) is 16.3 Å². The van der Waals surface area contributed by atoms with Crippen molar-refractivity contribution in [2.75, 3.05) is 0 Å². The van der Waals surface area contributed by atoms with E-state index in [1.54, 1.807) is 60.7 Å². The highest BCUT2D eigenvalue weighted by Crippen LogP contribution is 2.23. The topological polar surface area (TPSA) is 67.8 Å². The molecular formula is C21H13Br2ClN2O3. The van der Waals surface area contributed by atoms with E-state index in [1.807, 2.05) is 6.07 Å². The van der Waals surface area contributed by atoms with Crippen LogP contribution in [0.4, 0.5) is 0 Å². The molecule has 0 bridgehead atoms. The van der Waals surface area contributed by atoms with E-state index in [2.05, 4.69) is 42.4 Å². The maximum Gasteiger partial charge on any atom is 0.343 e. The van der Waals surface area contributed by atoms with Crippen LogP contribution in [0.15, 0.2) is 80.8 Å². The van der Waals surface area contributed by atoms with Crippen LogP contribution in [0.25, 0.3) is 0 Å². The molecule has 8 heteroatoms. The van der Waals surface area contributed by atoms with Crippen molar-refractivity contribution in [1.82, 2.24) is 5.43 Å². The zero-order valence-electron chi connectivity index (χ0n) is 14.7. The summed E-state index contributed by atoms with van der Waals surface area (Å²) in [6.07, 6.45) is 1.41. The van der Waals surface area contributed by atoms with Crippen molar-refractivity contribution in [3.8, 4) is 5.75 Å². The molecule has 0 aromatic heterocycles. The average molecular weight is 537 g/mol. The second-order valence-corrected chi connectivity index (χ2v) is 7.96. The van der Waals surface area contributed by atoms with Crippen LogP contribution < -0.4 is 10.2 Å². The second kappa shape index (κ2) is 9.82. The molecule has 5 nitrogen and oxygen atoms in total. The van der Waals surface area contributed by atoms with Crippen LogP contribution in [0.2, 0.25) is 5.02 Å². The van der Waals surface area contributed by atoms with Crippen molar-refractivity contribution >= 4 is 61.6 Å². The summed E-state index contributed by atoms with van der Waals surface area (Å²) in [6, 6.07) is 18.5. The number of nitrogens with zero attached hydrogens (tertiary/aromatic N) is 1. The summed E-state index contributed by atoms with van der Waals surface area (Å²) in [6.45, 7) is 0. The van der Waals surface area contributed by atoms with E-state index in [9.17, 15) is 9.59 Å². The highest BCUT2D eigenvalue weighted by Gasteiger charge is 2.12. The van der Waals surface area contributed by atoms with Crippen molar-refractivity contribution in [3.05, 3.63) is 97.4 Å². The van der Waals surface area contributed by atoms with Gasteiger partial charge >= 0.3 is 5.97 Å². The molecule has 3 rings (SSSR count). The Morgan fingerprint density at radius 2 is 1.72 bits per heavy atom. The number of hydrazone groups is 1. The van der Waals surface area contributed by atoms with Crippen LogP contribution in [-0.2, 0) is 0 Å². The van der Waals surface area contributed by atoms with Gasteiger partial charge in [0.05, 0.1) is 17.3 Å². The third-order valence-electron chi connectivity index (χ3n) is 3.74. The zero-order chi connectivity index (χ0) is 20.8. The Hall–Kier alpha value is -2.48. The van der Waals surface area contributed by atoms with E-state index >= 15 is 0 Å². The number of benzene rings is 3. The maximum atomic E-state index is 12.4. The molecule has 0 saturated heterocycles. The average Bonchev–Trinajstić information content (AvgIpc) is 2.70. The van der Waals surface area contributed by atoms with Gasteiger partial charge in [-0.15, -0.1) is 0 Å². The van der Waals surface area contributed by atoms with Crippen LogP contribution in [-0.4, -0.2) is 18.1 Å². The summed E-state index contributed by atoms with van der Waals surface area (Å²) in [5, 5.41) is 4.50. The largest absolute Gasteiger partial charge is 0.422 e. The van der Waals surface area contributed by atoms with Gasteiger partial charge in [-0.1, -0.05) is 39.7 Å². The molecule has 0 heterocycles. The summed E-state index contributed by atoms with van der Waals surface area (Å²) in [4.78, 5) is 24.6. The minimum atomic E-state index is -0.532. The Labute approximate surface area is 189 Å². The van der Waals surface area contributed by atoms with Crippen LogP contribution in [0, 0.1) is 0 Å². The molecule has 1 amide bonds. The van der Waals surface area contributed by atoms with Gasteiger partial charge in [-0.05, 0) is 70.5 Å². The number of hydrogen-bond acceptors (Lipinski definition) is 4. The first-order valence-corrected chi connectivity index (χ1v) is 10.3. The number of amides is 1. The third-order valence-corrected chi connectivity index (χ3v) is 5.18. The molecular weight excluding hydrogens is 524 g/mol. The maximum absolute atomic E-state index is 12.4. The highest BCUT2D eigenvalue weighted by molar-refractivity contribution is 9.10. The van der Waals surface area contributed by atoms with Crippen molar-refractivity contribution < 1.29 is 14.3 Å². The molecule has 3 aromatic rings. The number of carbonyl (C=O) groups is 2. The summed E-state index contributed by atoms with van der Waals surface area (Å²) in [5.74, 6) is -0.605. The molecule has 0 spiro atoms. The predicted octanol–water partition coefficient (Wildman–Crippen LogP) is 5.85. The van der Waals surface area contributed by atoms with Crippen molar-refractivity contribution in [3.63, 3.8) is 0 Å². The minimum Gasteiger partial charge on any atom is -0.422 e. The van der Waals surface area contributed by atoms with E-state index < -0.39 is 5.97 Å². The smallest absolute Gasteiger partial charge is 0.343 e. The monoisotopic (exact) mass is 534 g/mol. The lowest BCUT2D eigenvalue weighted by Crippen LogP contribution is -2.18. The number of carbonyl (C=O) groups excluding carboxylic acids is 2. The molecule has 0 unspecified atom stereocenters. The first kappa shape index (κ1) is 21.2. The molecule has 3 aromatic carbocycles. The van der Waals surface area contributed by atoms with E-state index in [-0.39, 0.29) is 5.91 Å². The van der Waals surface area contributed by atoms with E-state index in [1.165, 1.54) is 6.21 Å². The Balaban J connectivity index is 1.75. The van der Waals surface area contributed by atoms with Crippen LogP contribution in [0.3, 0.4) is 0 Å². The minimum absolute atomic E-state index is 0.298. The molecule has 29 heavy (non-hydrogen) atoms. The van der Waals surface area contributed by atoms with Gasteiger partial charge in [-0.2, -0.15) is 5.10 Å². The van der Waals surface area contributed by atoms with Gasteiger partial charge in [-0.3, -0.25) is 4.79 Å². The summed E-state index contributed by atoms with van der Waals surface area (Å²) in [5.41, 5.74) is 3.78. The van der Waals surface area contributed by atoms with Crippen molar-refractivity contribution in [1.29, 1.82) is 0 Å². The lowest BCUT2D eigenvalue weighted by Gasteiger charge is -2.08. The lowest BCUT2D eigenvalue weighted by atomic mass is 10.2. The lowest BCUT2D eigenvalue weighted by molar-refractivity contribution is 0.0734. The Morgan fingerprint density at radius 3 is 2.45 bits per heavy atom. The Kier molecular flexibility index (Phi) is 7.19. The Morgan fingerprint density at radius 1 is 1.00 bits per heavy atom. The fraction of sp³-hybridized carbons (Fsp3) is 0. The molecule has 0 atom stereocenters. The molecule has 0 radical (unpaired) electrons. The van der Waals surface area contributed by atoms with Crippen molar-refractivity contribution in [2.45, 2.75) is 0 Å². The number of halogens is 3. The molecule has 0 saturated carbocycles. The number of ether oxygens (including phenoxy) is 1.